The maximum absolute atomic E-state index is 12.3. The van der Waals surface area contributed by atoms with Crippen molar-refractivity contribution in [2.75, 3.05) is 7.11 Å². The number of nitrogens with one attached hydrogen (secondary N) is 1. The summed E-state index contributed by atoms with van der Waals surface area (Å²) in [4.78, 5) is 15.7. The van der Waals surface area contributed by atoms with Crippen molar-refractivity contribution in [3.8, 4) is 5.75 Å². The molecule has 1 aliphatic rings. The molecule has 0 fully saturated rings. The first kappa shape index (κ1) is 13.9. The third kappa shape index (κ3) is 1.95. The summed E-state index contributed by atoms with van der Waals surface area (Å²) in [6.45, 7) is 4.00. The molecular formula is C19H17NO3. The molecule has 116 valence electrons. The molecule has 2 heterocycles. The van der Waals surface area contributed by atoms with E-state index in [-0.39, 0.29) is 12.1 Å². The van der Waals surface area contributed by atoms with Gasteiger partial charge in [0.15, 0.2) is 0 Å². The van der Waals surface area contributed by atoms with Crippen molar-refractivity contribution in [3.63, 3.8) is 0 Å². The van der Waals surface area contributed by atoms with Gasteiger partial charge in [0.05, 0.1) is 18.2 Å². The Morgan fingerprint density at radius 2 is 2.09 bits per heavy atom. The number of rotatable bonds is 2. The second-order valence-electron chi connectivity index (χ2n) is 6.03. The van der Waals surface area contributed by atoms with Crippen LogP contribution in [-0.2, 0) is 4.74 Å². The van der Waals surface area contributed by atoms with E-state index in [0.717, 1.165) is 32.9 Å². The molecule has 0 radical (unpaired) electrons. The summed E-state index contributed by atoms with van der Waals surface area (Å²) in [6.07, 6.45) is 1.63. The number of methoxy groups -OCH3 is 1. The lowest BCUT2D eigenvalue weighted by Gasteiger charge is -2.09. The van der Waals surface area contributed by atoms with Crippen LogP contribution in [-0.4, -0.2) is 18.1 Å². The number of para-hydroxylation sites is 1. The molecule has 1 unspecified atom stereocenters. The first-order valence-corrected chi connectivity index (χ1v) is 7.57. The minimum absolute atomic E-state index is 0.298. The lowest BCUT2D eigenvalue weighted by Crippen LogP contribution is -1.96. The Hall–Kier alpha value is -2.75. The fraction of sp³-hybridized carbons (Fsp3) is 0.211. The molecule has 4 rings (SSSR count). The Kier molecular flexibility index (Phi) is 2.94. The predicted molar refractivity (Wildman–Crippen MR) is 89.9 cm³/mol. The Labute approximate surface area is 133 Å². The summed E-state index contributed by atoms with van der Waals surface area (Å²) in [5, 5.41) is 2.08. The van der Waals surface area contributed by atoms with Crippen LogP contribution >= 0.6 is 0 Å². The normalized spacial score (nSPS) is 16.5. The van der Waals surface area contributed by atoms with Crippen LogP contribution < -0.4 is 4.74 Å². The molecule has 0 aliphatic carbocycles. The summed E-state index contributed by atoms with van der Waals surface area (Å²) < 4.78 is 11.1. The van der Waals surface area contributed by atoms with Crippen LogP contribution in [0.3, 0.4) is 0 Å². The van der Waals surface area contributed by atoms with Gasteiger partial charge in [-0.2, -0.15) is 0 Å². The number of esters is 1. The van der Waals surface area contributed by atoms with Crippen LogP contribution in [0.5, 0.6) is 5.75 Å². The van der Waals surface area contributed by atoms with Gasteiger partial charge in [0, 0.05) is 21.9 Å². The van der Waals surface area contributed by atoms with Crippen molar-refractivity contribution in [1.82, 2.24) is 4.98 Å². The molecule has 4 heteroatoms. The third-order valence-electron chi connectivity index (χ3n) is 4.23. The first-order chi connectivity index (χ1) is 11.1. The van der Waals surface area contributed by atoms with Crippen LogP contribution in [0.1, 0.15) is 35.9 Å². The second-order valence-corrected chi connectivity index (χ2v) is 6.03. The van der Waals surface area contributed by atoms with Gasteiger partial charge in [0.2, 0.25) is 0 Å². The number of hydrogen-bond donors (Lipinski definition) is 1. The maximum Gasteiger partial charge on any atom is 0.339 e. The number of cyclic esters (lactones) is 1. The van der Waals surface area contributed by atoms with Crippen molar-refractivity contribution >= 4 is 27.8 Å². The zero-order valence-electron chi connectivity index (χ0n) is 13.3. The summed E-state index contributed by atoms with van der Waals surface area (Å²) >= 11 is 0. The van der Waals surface area contributed by atoms with Crippen molar-refractivity contribution in [2.24, 2.45) is 0 Å². The zero-order valence-corrected chi connectivity index (χ0v) is 13.3. The molecule has 1 atom stereocenters. The zero-order chi connectivity index (χ0) is 16.1. The number of fused-ring (bicyclic) bond motifs is 5. The van der Waals surface area contributed by atoms with Gasteiger partial charge in [-0.05, 0) is 32.1 Å². The Morgan fingerprint density at radius 1 is 1.30 bits per heavy atom. The van der Waals surface area contributed by atoms with E-state index in [1.807, 2.05) is 38.1 Å². The van der Waals surface area contributed by atoms with Crippen molar-refractivity contribution in [3.05, 3.63) is 53.1 Å². The molecule has 0 saturated heterocycles. The van der Waals surface area contributed by atoms with E-state index in [0.29, 0.717) is 11.3 Å². The lowest BCUT2D eigenvalue weighted by molar-refractivity contribution is 0.0467. The van der Waals surface area contributed by atoms with Gasteiger partial charge in [0.25, 0.3) is 0 Å². The average molecular weight is 307 g/mol. The highest BCUT2D eigenvalue weighted by Gasteiger charge is 2.34. The second kappa shape index (κ2) is 4.88. The molecule has 3 aromatic rings. The molecule has 1 aromatic heterocycles. The van der Waals surface area contributed by atoms with E-state index in [2.05, 4.69) is 11.1 Å². The number of ether oxygens (including phenoxy) is 2. The number of benzene rings is 2. The molecule has 2 aromatic carbocycles. The van der Waals surface area contributed by atoms with E-state index in [1.165, 1.54) is 0 Å². The maximum atomic E-state index is 12.3. The fourth-order valence-corrected chi connectivity index (χ4v) is 3.31. The van der Waals surface area contributed by atoms with Crippen LogP contribution in [0.2, 0.25) is 0 Å². The highest BCUT2D eigenvalue weighted by Crippen LogP contribution is 2.44. The summed E-state index contributed by atoms with van der Waals surface area (Å²) in [7, 11) is 1.61. The van der Waals surface area contributed by atoms with Gasteiger partial charge < -0.3 is 14.5 Å². The van der Waals surface area contributed by atoms with Gasteiger partial charge in [-0.15, -0.1) is 0 Å². The average Bonchev–Trinajstić information content (AvgIpc) is 3.04. The monoisotopic (exact) mass is 307 g/mol. The number of carbonyl (C=O) groups is 1. The fourth-order valence-electron chi connectivity index (χ4n) is 3.31. The molecule has 1 N–H and O–H groups in total. The largest absolute Gasteiger partial charge is 0.495 e. The molecule has 0 spiro atoms. The summed E-state index contributed by atoms with van der Waals surface area (Å²) in [5.74, 6) is 0.359. The summed E-state index contributed by atoms with van der Waals surface area (Å²) in [5.41, 5.74) is 4.54. The van der Waals surface area contributed by atoms with Gasteiger partial charge in [0.1, 0.15) is 11.9 Å². The number of carbonyl (C=O) groups excluding carboxylic acids is 1. The first-order valence-electron chi connectivity index (χ1n) is 7.57. The Balaban J connectivity index is 2.17. The molecule has 4 nitrogen and oxygen atoms in total. The molecule has 1 aliphatic heterocycles. The Morgan fingerprint density at radius 3 is 2.83 bits per heavy atom. The molecule has 0 bridgehead atoms. The third-order valence-corrected chi connectivity index (χ3v) is 4.23. The van der Waals surface area contributed by atoms with Gasteiger partial charge in [-0.3, -0.25) is 0 Å². The van der Waals surface area contributed by atoms with E-state index >= 15 is 0 Å². The quantitative estimate of drug-likeness (QED) is 0.560. The van der Waals surface area contributed by atoms with Gasteiger partial charge >= 0.3 is 5.97 Å². The van der Waals surface area contributed by atoms with E-state index in [9.17, 15) is 4.79 Å². The molecule has 0 amide bonds. The molecular weight excluding hydrogens is 290 g/mol. The van der Waals surface area contributed by atoms with Gasteiger partial charge in [-0.25, -0.2) is 4.79 Å². The van der Waals surface area contributed by atoms with Crippen LogP contribution in [0.25, 0.3) is 21.8 Å². The Bertz CT molecular complexity index is 977. The van der Waals surface area contributed by atoms with Gasteiger partial charge in [-0.1, -0.05) is 23.8 Å². The van der Waals surface area contributed by atoms with Crippen LogP contribution in [0.4, 0.5) is 0 Å². The SMILES string of the molecule is COc1cc2c(c3c1[nH]c1ccccc13)C(C=C(C)C)OC2=O. The topological polar surface area (TPSA) is 51.3 Å². The molecule has 23 heavy (non-hydrogen) atoms. The van der Waals surface area contributed by atoms with Crippen molar-refractivity contribution in [2.45, 2.75) is 20.0 Å². The van der Waals surface area contributed by atoms with Crippen LogP contribution in [0, 0.1) is 0 Å². The van der Waals surface area contributed by atoms with E-state index < -0.39 is 0 Å². The summed E-state index contributed by atoms with van der Waals surface area (Å²) in [6, 6.07) is 9.83. The smallest absolute Gasteiger partial charge is 0.339 e. The number of hydrogen-bond acceptors (Lipinski definition) is 3. The van der Waals surface area contributed by atoms with Crippen LogP contribution in [0.15, 0.2) is 42.0 Å². The standard InChI is InChI=1S/C19H17NO3/c1-10(2)8-14-16-12(19(21)23-14)9-15(22-3)18-17(16)11-6-4-5-7-13(11)20-18/h4-9,14,20H,1-3H3. The van der Waals surface area contributed by atoms with E-state index in [4.69, 9.17) is 9.47 Å². The number of allylic oxidation sites excluding steroid dienone is 1. The number of aromatic nitrogens is 1. The highest BCUT2D eigenvalue weighted by atomic mass is 16.5. The van der Waals surface area contributed by atoms with Crippen molar-refractivity contribution < 1.29 is 14.3 Å². The minimum Gasteiger partial charge on any atom is -0.495 e. The highest BCUT2D eigenvalue weighted by molar-refractivity contribution is 6.15. The number of aromatic amines is 1. The number of H-pyrrole nitrogens is 1. The van der Waals surface area contributed by atoms with Crippen molar-refractivity contribution in [1.29, 1.82) is 0 Å². The van der Waals surface area contributed by atoms with E-state index in [1.54, 1.807) is 13.2 Å². The predicted octanol–water partition coefficient (Wildman–Crippen LogP) is 4.51. The lowest BCUT2D eigenvalue weighted by atomic mass is 9.96. The minimum atomic E-state index is -0.352. The molecule has 0 saturated carbocycles.